The van der Waals surface area contributed by atoms with Crippen molar-refractivity contribution in [2.45, 2.75) is 13.5 Å². The smallest absolute Gasteiger partial charge is 0.342 e. The Hall–Kier alpha value is -1.95. The fourth-order valence-corrected chi connectivity index (χ4v) is 1.26. The molecule has 6 nitrogen and oxygen atoms in total. The molecule has 0 aliphatic rings. The monoisotopic (exact) mass is 219 g/mol. The zero-order valence-electron chi connectivity index (χ0n) is 9.21. The highest BCUT2D eigenvalue weighted by Gasteiger charge is 2.08. The van der Waals surface area contributed by atoms with E-state index in [1.165, 1.54) is 0 Å². The van der Waals surface area contributed by atoms with Crippen LogP contribution in [0.1, 0.15) is 11.3 Å². The van der Waals surface area contributed by atoms with Crippen molar-refractivity contribution in [1.82, 2.24) is 19.7 Å². The van der Waals surface area contributed by atoms with Gasteiger partial charge in [-0.2, -0.15) is 4.98 Å². The predicted octanol–water partition coefficient (Wildman–Crippen LogP) is 0.770. The molecule has 16 heavy (non-hydrogen) atoms. The molecular weight excluding hydrogens is 206 g/mol. The quantitative estimate of drug-likeness (QED) is 0.824. The van der Waals surface area contributed by atoms with Gasteiger partial charge in [0, 0.05) is 24.8 Å². The Kier molecular flexibility index (Phi) is 2.82. The molecule has 0 aromatic carbocycles. The van der Waals surface area contributed by atoms with Crippen molar-refractivity contribution in [2.24, 2.45) is 12.8 Å². The molecule has 0 fully saturated rings. The molecule has 0 unspecified atom stereocenters. The first-order valence-corrected chi connectivity index (χ1v) is 4.89. The zero-order valence-corrected chi connectivity index (χ0v) is 9.21. The van der Waals surface area contributed by atoms with Gasteiger partial charge in [-0.15, -0.1) is 5.10 Å². The Morgan fingerprint density at radius 1 is 1.44 bits per heavy atom. The number of nitrogens with two attached hydrogens (primary N) is 1. The van der Waals surface area contributed by atoms with Gasteiger partial charge in [-0.05, 0) is 13.0 Å². The van der Waals surface area contributed by atoms with Crippen molar-refractivity contribution >= 4 is 0 Å². The number of hydrogen-bond donors (Lipinski definition) is 1. The molecule has 0 aliphatic heterocycles. The summed E-state index contributed by atoms with van der Waals surface area (Å²) in [6.07, 6.45) is 1.56. The predicted molar refractivity (Wildman–Crippen MR) is 57.9 cm³/mol. The summed E-state index contributed by atoms with van der Waals surface area (Å²) in [5.74, 6) is 0.466. The molecule has 0 saturated carbocycles. The molecule has 0 radical (unpaired) electrons. The minimum atomic E-state index is 0.273. The molecule has 2 aromatic heterocycles. The van der Waals surface area contributed by atoms with Crippen molar-refractivity contribution in [3.63, 3.8) is 0 Å². The molecule has 84 valence electrons. The molecule has 0 saturated heterocycles. The van der Waals surface area contributed by atoms with Crippen molar-refractivity contribution in [1.29, 1.82) is 0 Å². The number of aromatic nitrogens is 4. The summed E-state index contributed by atoms with van der Waals surface area (Å²) >= 11 is 0. The lowest BCUT2D eigenvalue weighted by molar-refractivity contribution is 0.416. The molecule has 0 bridgehead atoms. The average molecular weight is 219 g/mol. The summed E-state index contributed by atoms with van der Waals surface area (Å²) in [5.41, 5.74) is 7.29. The van der Waals surface area contributed by atoms with Gasteiger partial charge < -0.3 is 10.5 Å². The summed E-state index contributed by atoms with van der Waals surface area (Å²) in [7, 11) is 1.77. The number of ether oxygens (including phenoxy) is 1. The van der Waals surface area contributed by atoms with Gasteiger partial charge in [0.15, 0.2) is 0 Å². The Labute approximate surface area is 93.1 Å². The minimum Gasteiger partial charge on any atom is -0.404 e. The van der Waals surface area contributed by atoms with Crippen LogP contribution in [0.5, 0.6) is 11.9 Å². The molecule has 2 N–H and O–H groups in total. The minimum absolute atomic E-state index is 0.273. The zero-order chi connectivity index (χ0) is 11.5. The van der Waals surface area contributed by atoms with Gasteiger partial charge in [0.2, 0.25) is 5.88 Å². The van der Waals surface area contributed by atoms with E-state index >= 15 is 0 Å². The summed E-state index contributed by atoms with van der Waals surface area (Å²) in [6, 6.07) is 4.05. The van der Waals surface area contributed by atoms with Crippen LogP contribution >= 0.6 is 0 Å². The summed E-state index contributed by atoms with van der Waals surface area (Å²) < 4.78 is 7.03. The van der Waals surface area contributed by atoms with E-state index in [-0.39, 0.29) is 6.01 Å². The maximum atomic E-state index is 5.59. The highest BCUT2D eigenvalue weighted by molar-refractivity contribution is 5.29. The van der Waals surface area contributed by atoms with E-state index in [0.29, 0.717) is 12.4 Å². The van der Waals surface area contributed by atoms with Crippen molar-refractivity contribution in [3.05, 3.63) is 29.7 Å². The van der Waals surface area contributed by atoms with Gasteiger partial charge in [-0.25, -0.2) is 4.98 Å². The van der Waals surface area contributed by atoms with E-state index in [1.807, 2.05) is 19.1 Å². The van der Waals surface area contributed by atoms with Crippen LogP contribution in [0.3, 0.4) is 0 Å². The van der Waals surface area contributed by atoms with E-state index < -0.39 is 0 Å². The third-order valence-electron chi connectivity index (χ3n) is 2.06. The number of rotatable bonds is 3. The maximum absolute atomic E-state index is 5.59. The van der Waals surface area contributed by atoms with Crippen molar-refractivity contribution < 1.29 is 4.74 Å². The van der Waals surface area contributed by atoms with Gasteiger partial charge in [0.25, 0.3) is 0 Å². The van der Waals surface area contributed by atoms with Crippen LogP contribution in [0.4, 0.5) is 0 Å². The second-order valence-electron chi connectivity index (χ2n) is 3.42. The molecule has 2 aromatic rings. The summed E-state index contributed by atoms with van der Waals surface area (Å²) in [5, 5.41) is 4.01. The number of aryl methyl sites for hydroxylation is 2. The Morgan fingerprint density at radius 3 is 2.88 bits per heavy atom. The maximum Gasteiger partial charge on any atom is 0.342 e. The van der Waals surface area contributed by atoms with Gasteiger partial charge in [0.1, 0.15) is 6.33 Å². The molecule has 0 amide bonds. The SMILES string of the molecule is Cc1ccc(CN)c(Oc2ncn(C)n2)n1. The first-order valence-electron chi connectivity index (χ1n) is 4.89. The van der Waals surface area contributed by atoms with Gasteiger partial charge in [-0.1, -0.05) is 6.07 Å². The number of hydrogen-bond acceptors (Lipinski definition) is 5. The lowest BCUT2D eigenvalue weighted by Gasteiger charge is -2.06. The normalized spacial score (nSPS) is 10.4. The molecule has 0 aliphatic carbocycles. The van der Waals surface area contributed by atoms with Crippen LogP contribution in [0.15, 0.2) is 18.5 Å². The van der Waals surface area contributed by atoms with Crippen LogP contribution in [-0.4, -0.2) is 19.7 Å². The van der Waals surface area contributed by atoms with Gasteiger partial charge in [-0.3, -0.25) is 4.68 Å². The average Bonchev–Trinajstić information content (AvgIpc) is 2.64. The van der Waals surface area contributed by atoms with Crippen molar-refractivity contribution in [2.75, 3.05) is 0 Å². The Morgan fingerprint density at radius 2 is 2.25 bits per heavy atom. The molecule has 0 atom stereocenters. The van der Waals surface area contributed by atoms with E-state index in [1.54, 1.807) is 18.1 Å². The van der Waals surface area contributed by atoms with Crippen LogP contribution in [0.25, 0.3) is 0 Å². The van der Waals surface area contributed by atoms with Crippen LogP contribution in [0, 0.1) is 6.92 Å². The largest absolute Gasteiger partial charge is 0.404 e. The molecule has 2 rings (SSSR count). The second-order valence-corrected chi connectivity index (χ2v) is 3.42. The number of pyridine rings is 1. The van der Waals surface area contributed by atoms with Crippen LogP contribution < -0.4 is 10.5 Å². The topological polar surface area (TPSA) is 78.9 Å². The molecule has 2 heterocycles. The van der Waals surface area contributed by atoms with E-state index in [0.717, 1.165) is 11.3 Å². The Bertz CT molecular complexity index is 494. The van der Waals surface area contributed by atoms with E-state index in [2.05, 4.69) is 15.1 Å². The van der Waals surface area contributed by atoms with Crippen LogP contribution in [0.2, 0.25) is 0 Å². The third kappa shape index (κ3) is 2.17. The molecule has 0 spiro atoms. The fraction of sp³-hybridized carbons (Fsp3) is 0.300. The summed E-state index contributed by atoms with van der Waals surface area (Å²) in [4.78, 5) is 8.22. The highest BCUT2D eigenvalue weighted by Crippen LogP contribution is 2.20. The van der Waals surface area contributed by atoms with Gasteiger partial charge in [0.05, 0.1) is 0 Å². The fourth-order valence-electron chi connectivity index (χ4n) is 1.26. The first-order chi connectivity index (χ1) is 7.69. The van der Waals surface area contributed by atoms with Crippen LogP contribution in [-0.2, 0) is 13.6 Å². The van der Waals surface area contributed by atoms with E-state index in [4.69, 9.17) is 10.5 Å². The second kappa shape index (κ2) is 4.28. The number of nitrogens with zero attached hydrogens (tertiary/aromatic N) is 4. The third-order valence-corrected chi connectivity index (χ3v) is 2.06. The van der Waals surface area contributed by atoms with Gasteiger partial charge >= 0.3 is 6.01 Å². The lowest BCUT2D eigenvalue weighted by Crippen LogP contribution is -2.02. The first kappa shape index (κ1) is 10.6. The molecule has 6 heteroatoms. The summed E-state index contributed by atoms with van der Waals surface area (Å²) in [6.45, 7) is 2.26. The lowest BCUT2D eigenvalue weighted by atomic mass is 10.2. The highest BCUT2D eigenvalue weighted by atomic mass is 16.5. The van der Waals surface area contributed by atoms with Crippen molar-refractivity contribution in [3.8, 4) is 11.9 Å². The standard InChI is InChI=1S/C10H13N5O/c1-7-3-4-8(5-11)9(13-7)16-10-12-6-15(2)14-10/h3-4,6H,5,11H2,1-2H3. The Balaban J connectivity index is 2.29. The molecular formula is C10H13N5O. The van der Waals surface area contributed by atoms with E-state index in [9.17, 15) is 0 Å².